The highest BCUT2D eigenvalue weighted by molar-refractivity contribution is 7.81. The van der Waals surface area contributed by atoms with E-state index in [4.69, 9.17) is 12.6 Å². The summed E-state index contributed by atoms with van der Waals surface area (Å²) in [6.45, 7) is 9.48. The molecule has 2 aliphatic heterocycles. The molecule has 0 atom stereocenters. The smallest absolute Gasteiger partial charge is 0.206 e. The van der Waals surface area contributed by atoms with Crippen LogP contribution in [0.2, 0.25) is 0 Å². The molecular formula is C35H42NS2+. The van der Waals surface area contributed by atoms with Gasteiger partial charge in [-0.3, -0.25) is 0 Å². The van der Waals surface area contributed by atoms with Crippen molar-refractivity contribution in [3.05, 3.63) is 91.0 Å². The minimum atomic E-state index is 0.975. The Bertz CT molecular complexity index is 1540. The second kappa shape index (κ2) is 10.9. The maximum absolute atomic E-state index is 5.04. The van der Waals surface area contributed by atoms with E-state index < -0.39 is 0 Å². The van der Waals surface area contributed by atoms with E-state index in [1.165, 1.54) is 99.2 Å². The van der Waals surface area contributed by atoms with Gasteiger partial charge in [0.2, 0.25) is 5.36 Å². The third-order valence-electron chi connectivity index (χ3n) is 9.31. The van der Waals surface area contributed by atoms with Crippen molar-refractivity contribution in [3.63, 3.8) is 0 Å². The molecule has 0 N–H and O–H groups in total. The first-order chi connectivity index (χ1) is 18.5. The van der Waals surface area contributed by atoms with Gasteiger partial charge in [0.15, 0.2) is 0 Å². The van der Waals surface area contributed by atoms with Crippen molar-refractivity contribution in [2.75, 3.05) is 13.1 Å². The zero-order valence-corrected chi connectivity index (χ0v) is 25.2. The van der Waals surface area contributed by atoms with Crippen LogP contribution in [0, 0.1) is 6.92 Å². The highest BCUT2D eigenvalue weighted by Crippen LogP contribution is 2.38. The number of hydrogen-bond donors (Lipinski definition) is 2. The Kier molecular flexibility index (Phi) is 7.53. The van der Waals surface area contributed by atoms with Crippen molar-refractivity contribution in [1.82, 2.24) is 4.58 Å². The summed E-state index contributed by atoms with van der Waals surface area (Å²) in [5, 5.41) is 3.07. The molecule has 0 bridgehead atoms. The van der Waals surface area contributed by atoms with Gasteiger partial charge in [0.05, 0.1) is 0 Å². The average molecular weight is 541 g/mol. The molecule has 3 heteroatoms. The van der Waals surface area contributed by atoms with Gasteiger partial charge in [-0.15, -0.1) is 25.3 Å². The zero-order chi connectivity index (χ0) is 26.4. The molecular weight excluding hydrogens is 499 g/mol. The molecule has 0 radical (unpaired) electrons. The van der Waals surface area contributed by atoms with Gasteiger partial charge in [0.1, 0.15) is 13.1 Å². The third-order valence-corrected chi connectivity index (χ3v) is 9.96. The molecule has 1 aliphatic carbocycles. The Morgan fingerprint density at radius 1 is 0.816 bits per heavy atom. The normalized spacial score (nSPS) is 15.8. The van der Waals surface area contributed by atoms with Crippen LogP contribution in [0.4, 0.5) is 0 Å². The van der Waals surface area contributed by atoms with Crippen LogP contribution in [0.3, 0.4) is 0 Å². The summed E-state index contributed by atoms with van der Waals surface area (Å²) in [4.78, 5) is 2.01. The largest absolute Gasteiger partial charge is 0.229 e. The second-order valence-electron chi connectivity index (χ2n) is 11.7. The Labute approximate surface area is 239 Å². The van der Waals surface area contributed by atoms with Crippen LogP contribution >= 0.6 is 25.3 Å². The van der Waals surface area contributed by atoms with Crippen LogP contribution < -0.4 is 15.2 Å². The average Bonchev–Trinajstić information content (AvgIpc) is 2.91. The predicted octanol–water partition coefficient (Wildman–Crippen LogP) is 6.79. The predicted molar refractivity (Wildman–Crippen MR) is 167 cm³/mol. The van der Waals surface area contributed by atoms with Crippen LogP contribution in [0.25, 0.3) is 5.57 Å². The molecule has 0 fully saturated rings. The molecule has 0 amide bonds. The number of aryl methyl sites for hydroxylation is 2. The fourth-order valence-electron chi connectivity index (χ4n) is 7.39. The minimum absolute atomic E-state index is 0.975. The number of nitrogens with zero attached hydrogens (tertiary/aromatic N) is 1. The molecule has 0 saturated carbocycles. The fraction of sp³-hybridized carbons (Fsp3) is 0.457. The summed E-state index contributed by atoms with van der Waals surface area (Å²) in [5.74, 6) is 0. The Hall–Kier alpha value is -1.97. The van der Waals surface area contributed by atoms with Crippen LogP contribution in [0.1, 0.15) is 102 Å². The van der Waals surface area contributed by atoms with Crippen molar-refractivity contribution in [3.8, 4) is 0 Å². The van der Waals surface area contributed by atoms with Crippen LogP contribution in [0.5, 0.6) is 0 Å². The van der Waals surface area contributed by atoms with Crippen LogP contribution in [-0.2, 0) is 32.1 Å². The van der Waals surface area contributed by atoms with Gasteiger partial charge in [-0.2, -0.15) is 0 Å². The number of unbranched alkanes of at least 4 members (excludes halogenated alkanes) is 2. The number of hydrogen-bond acceptors (Lipinski definition) is 2. The van der Waals surface area contributed by atoms with E-state index in [0.717, 1.165) is 16.2 Å². The summed E-state index contributed by atoms with van der Waals surface area (Å²) in [6, 6.07) is 11.7. The summed E-state index contributed by atoms with van der Waals surface area (Å²) in [7, 11) is 0. The quantitative estimate of drug-likeness (QED) is 0.188. The molecule has 0 spiro atoms. The fourth-order valence-corrected chi connectivity index (χ4v) is 8.02. The molecule has 3 aromatic rings. The number of thiol groups is 2. The van der Waals surface area contributed by atoms with Crippen molar-refractivity contribution >= 4 is 30.8 Å². The SMILES string of the molecule is CCCCc1cc2c(c(CCCC)c1C)Cc1c3c4c(cc1=C2c1ccc(S)cc1S)CCC[N+]=4CCC3. The van der Waals surface area contributed by atoms with E-state index in [0.29, 0.717) is 0 Å². The maximum atomic E-state index is 5.04. The first-order valence-corrected chi connectivity index (χ1v) is 15.9. The van der Waals surface area contributed by atoms with Gasteiger partial charge in [-0.1, -0.05) is 38.8 Å². The van der Waals surface area contributed by atoms with E-state index in [1.807, 2.05) is 0 Å². The minimum Gasteiger partial charge on any atom is -0.229 e. The Morgan fingerprint density at radius 3 is 2.34 bits per heavy atom. The van der Waals surface area contributed by atoms with Gasteiger partial charge < -0.3 is 0 Å². The lowest BCUT2D eigenvalue weighted by atomic mass is 9.75. The standard InChI is InChI=1S/C35H41NS2/c1-4-6-10-23-18-31-29(26(22(23)3)12-7-5-2)21-30-27-13-9-17-36-16-8-11-24(35(27)36)19-32(30)34(31)28-15-14-25(37)20-33(28)38/h14-15,18-20H,4-13,16-17,21H2,1-3H3,(H,37,38)/p+1. The van der Waals surface area contributed by atoms with Crippen molar-refractivity contribution in [2.24, 2.45) is 0 Å². The highest BCUT2D eigenvalue weighted by Gasteiger charge is 2.31. The molecule has 6 rings (SSSR count). The molecule has 2 heterocycles. The van der Waals surface area contributed by atoms with Gasteiger partial charge >= 0.3 is 0 Å². The number of benzene rings is 3. The van der Waals surface area contributed by atoms with Crippen molar-refractivity contribution in [1.29, 1.82) is 0 Å². The van der Waals surface area contributed by atoms with E-state index in [-0.39, 0.29) is 0 Å². The first-order valence-electron chi connectivity index (χ1n) is 15.0. The topological polar surface area (TPSA) is 3.01 Å². The third kappa shape index (κ3) is 4.48. The van der Waals surface area contributed by atoms with Crippen molar-refractivity contribution in [2.45, 2.75) is 101 Å². The molecule has 0 saturated heterocycles. The number of fused-ring (bicyclic) bond motifs is 3. The molecule has 3 aliphatic rings. The van der Waals surface area contributed by atoms with Gasteiger partial charge in [-0.05, 0) is 120 Å². The Morgan fingerprint density at radius 2 is 1.58 bits per heavy atom. The van der Waals surface area contributed by atoms with E-state index in [1.54, 1.807) is 44.3 Å². The van der Waals surface area contributed by atoms with Gasteiger partial charge in [0.25, 0.3) is 0 Å². The van der Waals surface area contributed by atoms with Gasteiger partial charge in [-0.25, -0.2) is 4.58 Å². The maximum Gasteiger partial charge on any atom is 0.206 e. The molecule has 3 aromatic carbocycles. The molecule has 1 nitrogen and oxygen atoms in total. The molecule has 38 heavy (non-hydrogen) atoms. The van der Waals surface area contributed by atoms with Crippen LogP contribution in [-0.4, -0.2) is 13.1 Å². The lowest BCUT2D eigenvalue weighted by Gasteiger charge is -2.30. The van der Waals surface area contributed by atoms with Crippen LogP contribution in [0.15, 0.2) is 40.1 Å². The molecule has 0 unspecified atom stereocenters. The van der Waals surface area contributed by atoms with E-state index in [2.05, 4.69) is 68.3 Å². The summed E-state index contributed by atoms with van der Waals surface area (Å²) >= 11 is 9.69. The lowest BCUT2D eigenvalue weighted by Crippen LogP contribution is -2.46. The molecule has 198 valence electrons. The van der Waals surface area contributed by atoms with Crippen molar-refractivity contribution < 1.29 is 0 Å². The first kappa shape index (κ1) is 26.3. The van der Waals surface area contributed by atoms with E-state index in [9.17, 15) is 0 Å². The monoisotopic (exact) mass is 540 g/mol. The summed E-state index contributed by atoms with van der Waals surface area (Å²) < 4.78 is 2.70. The summed E-state index contributed by atoms with van der Waals surface area (Å²) in [6.07, 6.45) is 13.4. The van der Waals surface area contributed by atoms with Gasteiger partial charge in [0, 0.05) is 33.8 Å². The summed E-state index contributed by atoms with van der Waals surface area (Å²) in [5.41, 5.74) is 15.3. The molecule has 0 aromatic heterocycles. The highest BCUT2D eigenvalue weighted by atomic mass is 32.1. The number of rotatable bonds is 7. The van der Waals surface area contributed by atoms with E-state index >= 15 is 0 Å². The lowest BCUT2D eigenvalue weighted by molar-refractivity contribution is 0.478. The zero-order valence-electron chi connectivity index (χ0n) is 23.4. The Balaban J connectivity index is 1.74. The second-order valence-corrected chi connectivity index (χ2v) is 12.7.